The average Bonchev–Trinajstić information content (AvgIpc) is 3.04. The molecule has 2 heterocycles. The van der Waals surface area contributed by atoms with E-state index in [1.165, 1.54) is 26.2 Å². The Morgan fingerprint density at radius 2 is 1.14 bits per heavy atom. The molecule has 2 fully saturated rings. The lowest BCUT2D eigenvalue weighted by Gasteiger charge is -1.87. The normalized spacial score (nSPS) is 18.7. The van der Waals surface area contributed by atoms with Crippen molar-refractivity contribution in [2.24, 2.45) is 0 Å². The van der Waals surface area contributed by atoms with Crippen LogP contribution in [0.4, 0.5) is 0 Å². The van der Waals surface area contributed by atoms with Crippen molar-refractivity contribution in [3.63, 3.8) is 0 Å². The van der Waals surface area contributed by atoms with Crippen molar-refractivity contribution < 1.29 is 0 Å². The highest BCUT2D eigenvalue weighted by Crippen LogP contribution is 2.02. The van der Waals surface area contributed by atoms with Gasteiger partial charge in [0.15, 0.2) is 0 Å². The molecule has 0 spiro atoms. The van der Waals surface area contributed by atoms with E-state index in [2.05, 4.69) is 21.9 Å². The third kappa shape index (κ3) is 6.42. The van der Waals surface area contributed by atoms with Gasteiger partial charge in [-0.05, 0) is 0 Å². The van der Waals surface area contributed by atoms with Gasteiger partial charge in [-0.1, -0.05) is 0 Å². The lowest BCUT2D eigenvalue weighted by Crippen LogP contribution is -1.95. The van der Waals surface area contributed by atoms with E-state index in [1.807, 2.05) is 0 Å². The topological polar surface area (TPSA) is 53.6 Å². The molecule has 2 aliphatic heterocycles. The number of hydrogen-bond donors (Lipinski definition) is 0. The Hall–Kier alpha value is -1.10. The second kappa shape index (κ2) is 6.37. The summed E-state index contributed by atoms with van der Waals surface area (Å²) in [6.07, 6.45) is 1.39. The molecule has 0 unspecified atom stereocenters. The van der Waals surface area contributed by atoms with Crippen molar-refractivity contribution in [3.05, 3.63) is 0 Å². The van der Waals surface area contributed by atoms with Gasteiger partial charge >= 0.3 is 0 Å². The number of nitrogens with zero attached hydrogens (tertiary/aromatic N) is 4. The van der Waals surface area contributed by atoms with Gasteiger partial charge in [-0.2, -0.15) is 10.5 Å². The zero-order chi connectivity index (χ0) is 10.2. The fourth-order valence-corrected chi connectivity index (χ4v) is 1.00. The molecule has 2 rings (SSSR count). The van der Waals surface area contributed by atoms with Crippen LogP contribution in [0.25, 0.3) is 0 Å². The van der Waals surface area contributed by atoms with Crippen LogP contribution < -0.4 is 0 Å². The summed E-state index contributed by atoms with van der Waals surface area (Å²) in [6, 6.07) is 4.19. The predicted octanol–water partition coefficient (Wildman–Crippen LogP) is 0.431. The highest BCUT2D eigenvalue weighted by atomic mass is 15.3. The molecule has 0 aromatic carbocycles. The Morgan fingerprint density at radius 3 is 1.36 bits per heavy atom. The van der Waals surface area contributed by atoms with Crippen LogP contribution >= 0.6 is 0 Å². The standard InChI is InChI=1S/2C5H8N2/c2*6-2-1-3-7-4-5-7/h2*1,3-5H2. The highest BCUT2D eigenvalue weighted by Gasteiger charge is 2.15. The number of nitriles is 2. The quantitative estimate of drug-likeness (QED) is 0.606. The lowest BCUT2D eigenvalue weighted by molar-refractivity contribution is 0.570. The van der Waals surface area contributed by atoms with Crippen LogP contribution in [0.1, 0.15) is 12.8 Å². The van der Waals surface area contributed by atoms with Gasteiger partial charge in [0.05, 0.1) is 12.1 Å². The van der Waals surface area contributed by atoms with Crippen molar-refractivity contribution in [3.8, 4) is 12.1 Å². The maximum absolute atomic E-state index is 8.07. The molecule has 0 atom stereocenters. The Labute approximate surface area is 85.3 Å². The van der Waals surface area contributed by atoms with Gasteiger partial charge in [-0.25, -0.2) is 0 Å². The van der Waals surface area contributed by atoms with Gasteiger partial charge in [0.1, 0.15) is 0 Å². The molecule has 0 saturated carbocycles. The molecule has 0 amide bonds. The van der Waals surface area contributed by atoms with Crippen molar-refractivity contribution >= 4 is 0 Å². The summed E-state index contributed by atoms with van der Waals surface area (Å²) < 4.78 is 0. The van der Waals surface area contributed by atoms with Crippen LogP contribution in [-0.2, 0) is 0 Å². The molecule has 76 valence electrons. The second-order valence-corrected chi connectivity index (χ2v) is 3.50. The van der Waals surface area contributed by atoms with Crippen molar-refractivity contribution in [2.75, 3.05) is 39.3 Å². The summed E-state index contributed by atoms with van der Waals surface area (Å²) in [4.78, 5) is 4.48. The first-order chi connectivity index (χ1) is 6.86. The molecular weight excluding hydrogens is 176 g/mol. The molecule has 0 aliphatic carbocycles. The summed E-state index contributed by atoms with van der Waals surface area (Å²) in [5.74, 6) is 0. The van der Waals surface area contributed by atoms with E-state index in [0.29, 0.717) is 12.8 Å². The molecule has 2 aliphatic rings. The maximum atomic E-state index is 8.07. The van der Waals surface area contributed by atoms with Gasteiger partial charge in [0.2, 0.25) is 0 Å². The minimum absolute atomic E-state index is 0.694. The first kappa shape index (κ1) is 11.0. The minimum atomic E-state index is 0.694. The van der Waals surface area contributed by atoms with Gasteiger partial charge in [0, 0.05) is 52.1 Å². The van der Waals surface area contributed by atoms with E-state index in [9.17, 15) is 0 Å². The van der Waals surface area contributed by atoms with Crippen LogP contribution in [-0.4, -0.2) is 49.1 Å². The molecule has 4 nitrogen and oxygen atoms in total. The second-order valence-electron chi connectivity index (χ2n) is 3.50. The van der Waals surface area contributed by atoms with E-state index >= 15 is 0 Å². The molecule has 0 N–H and O–H groups in total. The summed E-state index contributed by atoms with van der Waals surface area (Å²) in [5, 5.41) is 16.1. The Balaban J connectivity index is 0.000000140. The summed E-state index contributed by atoms with van der Waals surface area (Å²) in [5.41, 5.74) is 0. The minimum Gasteiger partial charge on any atom is -0.300 e. The zero-order valence-electron chi connectivity index (χ0n) is 8.45. The van der Waals surface area contributed by atoms with E-state index in [-0.39, 0.29) is 0 Å². The Bertz CT molecular complexity index is 203. The zero-order valence-corrected chi connectivity index (χ0v) is 8.45. The fraction of sp³-hybridized carbons (Fsp3) is 0.800. The number of rotatable bonds is 4. The molecule has 0 aromatic heterocycles. The molecule has 0 radical (unpaired) electrons. The van der Waals surface area contributed by atoms with Crippen LogP contribution in [0.2, 0.25) is 0 Å². The van der Waals surface area contributed by atoms with Gasteiger partial charge < -0.3 is 0 Å². The van der Waals surface area contributed by atoms with Gasteiger partial charge in [-0.15, -0.1) is 0 Å². The first-order valence-corrected chi connectivity index (χ1v) is 5.05. The largest absolute Gasteiger partial charge is 0.300 e. The van der Waals surface area contributed by atoms with Crippen LogP contribution in [0, 0.1) is 22.7 Å². The van der Waals surface area contributed by atoms with E-state index < -0.39 is 0 Å². The maximum Gasteiger partial charge on any atom is 0.0635 e. The molecule has 4 heteroatoms. The molecule has 2 saturated heterocycles. The van der Waals surface area contributed by atoms with E-state index in [0.717, 1.165) is 13.1 Å². The number of hydrogen-bond acceptors (Lipinski definition) is 4. The van der Waals surface area contributed by atoms with Gasteiger partial charge in [0.25, 0.3) is 0 Å². The predicted molar refractivity (Wildman–Crippen MR) is 53.3 cm³/mol. The smallest absolute Gasteiger partial charge is 0.0635 e. The van der Waals surface area contributed by atoms with Crippen molar-refractivity contribution in [1.29, 1.82) is 10.5 Å². The molecular formula is C10H16N4. The van der Waals surface area contributed by atoms with Gasteiger partial charge in [-0.3, -0.25) is 9.80 Å². The fourth-order valence-electron chi connectivity index (χ4n) is 1.00. The van der Waals surface area contributed by atoms with Crippen LogP contribution in [0.5, 0.6) is 0 Å². The molecule has 14 heavy (non-hydrogen) atoms. The van der Waals surface area contributed by atoms with Crippen LogP contribution in [0.15, 0.2) is 0 Å². The summed E-state index contributed by atoms with van der Waals surface area (Å²) >= 11 is 0. The Kier molecular flexibility index (Phi) is 4.99. The van der Waals surface area contributed by atoms with Crippen molar-refractivity contribution in [1.82, 2.24) is 9.80 Å². The summed E-state index contributed by atoms with van der Waals surface area (Å²) in [6.45, 7) is 6.81. The third-order valence-electron chi connectivity index (χ3n) is 2.16. The van der Waals surface area contributed by atoms with E-state index in [4.69, 9.17) is 10.5 Å². The summed E-state index contributed by atoms with van der Waals surface area (Å²) in [7, 11) is 0. The average molecular weight is 192 g/mol. The Morgan fingerprint density at radius 1 is 0.786 bits per heavy atom. The first-order valence-electron chi connectivity index (χ1n) is 5.05. The van der Waals surface area contributed by atoms with Crippen molar-refractivity contribution in [2.45, 2.75) is 12.8 Å². The van der Waals surface area contributed by atoms with Crippen LogP contribution in [0.3, 0.4) is 0 Å². The highest BCUT2D eigenvalue weighted by molar-refractivity contribution is 4.79. The van der Waals surface area contributed by atoms with E-state index in [1.54, 1.807) is 0 Å². The SMILES string of the molecule is N#CCCN1CC1.N#CCCN1CC1. The molecule has 0 bridgehead atoms. The molecule has 0 aromatic rings. The lowest BCUT2D eigenvalue weighted by atomic mass is 10.5. The third-order valence-corrected chi connectivity index (χ3v) is 2.16. The monoisotopic (exact) mass is 192 g/mol.